The van der Waals surface area contributed by atoms with Crippen molar-refractivity contribution in [3.63, 3.8) is 0 Å². The maximum Gasteiger partial charge on any atom is 0.260 e. The molecule has 146 valence electrons. The normalized spacial score (nSPS) is 13.3. The van der Waals surface area contributed by atoms with Crippen LogP contribution in [0, 0.1) is 24.2 Å². The number of aromatic nitrogens is 2. The minimum atomic E-state index is -0.394. The second-order valence-electron chi connectivity index (χ2n) is 6.83. The predicted molar refractivity (Wildman–Crippen MR) is 111 cm³/mol. The van der Waals surface area contributed by atoms with Crippen LogP contribution in [-0.2, 0) is 11.2 Å². The van der Waals surface area contributed by atoms with Crippen molar-refractivity contribution >= 4 is 39.2 Å². The first-order valence-corrected chi connectivity index (χ1v) is 10.8. The van der Waals surface area contributed by atoms with Crippen molar-refractivity contribution in [1.29, 1.82) is 5.26 Å². The average Bonchev–Trinajstić information content (AvgIpc) is 2.94. The largest absolute Gasteiger partial charge is 0.344 e. The molecule has 0 spiro atoms. The summed E-state index contributed by atoms with van der Waals surface area (Å²) in [5.74, 6) is 0.425. The third kappa shape index (κ3) is 5.11. The van der Waals surface area contributed by atoms with Gasteiger partial charge >= 0.3 is 0 Å². The second kappa shape index (κ2) is 9.38. The maximum absolute atomic E-state index is 12.7. The molecule has 0 unspecified atom stereocenters. The molecule has 8 heteroatoms. The molecule has 2 aromatic rings. The van der Waals surface area contributed by atoms with Gasteiger partial charge in [-0.2, -0.15) is 5.26 Å². The number of thioether (sulfide) groups is 1. The summed E-state index contributed by atoms with van der Waals surface area (Å²) < 4.78 is 0. The van der Waals surface area contributed by atoms with Gasteiger partial charge in [-0.25, -0.2) is 4.98 Å². The fourth-order valence-corrected chi connectivity index (χ4v) is 4.83. The molecule has 1 N–H and O–H groups in total. The van der Waals surface area contributed by atoms with Crippen LogP contribution in [0.4, 0.5) is 0 Å². The Balaban J connectivity index is 2.25. The van der Waals surface area contributed by atoms with Gasteiger partial charge in [-0.15, -0.1) is 11.3 Å². The lowest BCUT2D eigenvalue weighted by Crippen LogP contribution is -2.34. The standard InChI is InChI=1S/C19H26N4O2S2/c1-6-11(2)10-14-12(3)26-17-15(14)16(24)21-19(22-17)27-13(4)18(25)23(5)9-7-8-20/h11,13H,6-7,9-10H2,1-5H3,(H,21,22,24)/t11-,13-/m1/s1. The molecule has 2 atom stereocenters. The molecule has 0 aromatic carbocycles. The highest BCUT2D eigenvalue weighted by Crippen LogP contribution is 2.31. The Bertz CT molecular complexity index is 913. The lowest BCUT2D eigenvalue weighted by atomic mass is 9.98. The fourth-order valence-electron chi connectivity index (χ4n) is 2.81. The minimum Gasteiger partial charge on any atom is -0.344 e. The van der Waals surface area contributed by atoms with Gasteiger partial charge in [0, 0.05) is 18.5 Å². The fraction of sp³-hybridized carbons (Fsp3) is 0.579. The SMILES string of the molecule is CC[C@@H](C)Cc1c(C)sc2nc(S[C@H](C)C(=O)N(C)CCC#N)[nH]c(=O)c12. The number of thiophene rings is 1. The molecule has 1 amide bonds. The van der Waals surface area contributed by atoms with E-state index in [1.807, 2.05) is 13.0 Å². The summed E-state index contributed by atoms with van der Waals surface area (Å²) in [6.07, 6.45) is 2.24. The molecular weight excluding hydrogens is 380 g/mol. The summed E-state index contributed by atoms with van der Waals surface area (Å²) in [6, 6.07) is 2.04. The summed E-state index contributed by atoms with van der Waals surface area (Å²) in [7, 11) is 1.68. The average molecular weight is 407 g/mol. The number of amides is 1. The van der Waals surface area contributed by atoms with E-state index >= 15 is 0 Å². The van der Waals surface area contributed by atoms with Crippen LogP contribution in [0.25, 0.3) is 10.2 Å². The molecule has 0 aliphatic carbocycles. The van der Waals surface area contributed by atoms with Crippen molar-refractivity contribution in [1.82, 2.24) is 14.9 Å². The van der Waals surface area contributed by atoms with E-state index in [2.05, 4.69) is 23.8 Å². The van der Waals surface area contributed by atoms with Crippen molar-refractivity contribution in [2.45, 2.75) is 57.4 Å². The first kappa shape index (κ1) is 21.5. The molecule has 0 fully saturated rings. The number of H-pyrrole nitrogens is 1. The van der Waals surface area contributed by atoms with Gasteiger partial charge in [0.2, 0.25) is 5.91 Å². The Morgan fingerprint density at radius 2 is 2.15 bits per heavy atom. The van der Waals surface area contributed by atoms with Gasteiger partial charge in [0.15, 0.2) is 5.16 Å². The number of rotatable bonds is 8. The molecule has 0 saturated heterocycles. The van der Waals surface area contributed by atoms with Crippen molar-refractivity contribution in [2.75, 3.05) is 13.6 Å². The molecule has 2 rings (SSSR count). The number of carbonyl (C=O) groups excluding carboxylic acids is 1. The third-order valence-corrected chi connectivity index (χ3v) is 6.68. The highest BCUT2D eigenvalue weighted by molar-refractivity contribution is 8.00. The van der Waals surface area contributed by atoms with Gasteiger partial charge in [-0.05, 0) is 31.7 Å². The monoisotopic (exact) mass is 406 g/mol. The number of fused-ring (bicyclic) bond motifs is 1. The van der Waals surface area contributed by atoms with Gasteiger partial charge in [-0.3, -0.25) is 9.59 Å². The first-order chi connectivity index (χ1) is 12.8. The molecule has 0 saturated carbocycles. The van der Waals surface area contributed by atoms with Crippen molar-refractivity contribution < 1.29 is 4.79 Å². The quantitative estimate of drug-likeness (QED) is 0.533. The zero-order chi connectivity index (χ0) is 20.1. The van der Waals surface area contributed by atoms with Gasteiger partial charge in [0.25, 0.3) is 5.56 Å². The van der Waals surface area contributed by atoms with E-state index in [1.165, 1.54) is 28.0 Å². The molecule has 27 heavy (non-hydrogen) atoms. The predicted octanol–water partition coefficient (Wildman–Crippen LogP) is 3.73. The lowest BCUT2D eigenvalue weighted by Gasteiger charge is -2.19. The number of hydrogen-bond donors (Lipinski definition) is 1. The number of nitrogens with one attached hydrogen (secondary N) is 1. The molecule has 0 bridgehead atoms. The third-order valence-electron chi connectivity index (χ3n) is 4.66. The van der Waals surface area contributed by atoms with E-state index in [-0.39, 0.29) is 11.5 Å². The van der Waals surface area contributed by atoms with Gasteiger partial charge in [-0.1, -0.05) is 32.0 Å². The van der Waals surface area contributed by atoms with Crippen LogP contribution in [-0.4, -0.2) is 39.6 Å². The summed E-state index contributed by atoms with van der Waals surface area (Å²) in [4.78, 5) is 35.9. The van der Waals surface area contributed by atoms with Crippen LogP contribution in [0.3, 0.4) is 0 Å². The molecular formula is C19H26N4O2S2. The Hall–Kier alpha value is -1.85. The molecule has 0 radical (unpaired) electrons. The Morgan fingerprint density at radius 3 is 2.78 bits per heavy atom. The number of hydrogen-bond acceptors (Lipinski definition) is 6. The maximum atomic E-state index is 12.7. The summed E-state index contributed by atoms with van der Waals surface area (Å²) in [5, 5.41) is 9.41. The van der Waals surface area contributed by atoms with Crippen LogP contribution in [0.2, 0.25) is 0 Å². The van der Waals surface area contributed by atoms with E-state index in [0.717, 1.165) is 28.1 Å². The minimum absolute atomic E-state index is 0.0854. The lowest BCUT2D eigenvalue weighted by molar-refractivity contribution is -0.128. The van der Waals surface area contributed by atoms with Crippen molar-refractivity contribution in [3.05, 3.63) is 20.8 Å². The van der Waals surface area contributed by atoms with E-state index in [0.29, 0.717) is 29.4 Å². The Labute approximate surface area is 168 Å². The number of carbonyl (C=O) groups is 1. The highest BCUT2D eigenvalue weighted by atomic mass is 32.2. The zero-order valence-corrected chi connectivity index (χ0v) is 18.1. The molecule has 6 nitrogen and oxygen atoms in total. The topological polar surface area (TPSA) is 89.8 Å². The van der Waals surface area contributed by atoms with Crippen molar-refractivity contribution in [2.24, 2.45) is 5.92 Å². The number of nitriles is 1. The van der Waals surface area contributed by atoms with Gasteiger partial charge < -0.3 is 9.88 Å². The van der Waals surface area contributed by atoms with Crippen LogP contribution >= 0.6 is 23.1 Å². The van der Waals surface area contributed by atoms with Crippen LogP contribution in [0.5, 0.6) is 0 Å². The molecule has 0 aliphatic rings. The summed E-state index contributed by atoms with van der Waals surface area (Å²) in [6.45, 7) is 8.55. The van der Waals surface area contributed by atoms with Crippen LogP contribution in [0.1, 0.15) is 44.1 Å². The molecule has 2 aromatic heterocycles. The number of aryl methyl sites for hydroxylation is 1. The summed E-state index contributed by atoms with van der Waals surface area (Å²) in [5.41, 5.74) is 0.956. The van der Waals surface area contributed by atoms with E-state index in [4.69, 9.17) is 5.26 Å². The van der Waals surface area contributed by atoms with Gasteiger partial charge in [0.1, 0.15) is 4.83 Å². The Kier molecular flexibility index (Phi) is 7.45. The number of aromatic amines is 1. The van der Waals surface area contributed by atoms with Gasteiger partial charge in [0.05, 0.1) is 23.1 Å². The van der Waals surface area contributed by atoms with E-state index in [1.54, 1.807) is 14.0 Å². The van der Waals surface area contributed by atoms with Crippen LogP contribution in [0.15, 0.2) is 9.95 Å². The highest BCUT2D eigenvalue weighted by Gasteiger charge is 2.21. The molecule has 0 aliphatic heterocycles. The zero-order valence-electron chi connectivity index (χ0n) is 16.5. The molecule has 2 heterocycles. The second-order valence-corrected chi connectivity index (χ2v) is 9.37. The Morgan fingerprint density at radius 1 is 1.44 bits per heavy atom. The van der Waals surface area contributed by atoms with Crippen molar-refractivity contribution in [3.8, 4) is 6.07 Å². The van der Waals surface area contributed by atoms with E-state index < -0.39 is 5.25 Å². The van der Waals surface area contributed by atoms with E-state index in [9.17, 15) is 9.59 Å². The smallest absolute Gasteiger partial charge is 0.260 e. The summed E-state index contributed by atoms with van der Waals surface area (Å²) >= 11 is 2.78. The number of nitrogens with zero attached hydrogens (tertiary/aromatic N) is 3. The first-order valence-electron chi connectivity index (χ1n) is 9.09. The van der Waals surface area contributed by atoms with Crippen LogP contribution < -0.4 is 5.56 Å².